The molecule has 1 aromatic carbocycles. The number of H-pyrrole nitrogens is 1. The average Bonchev–Trinajstić information content (AvgIpc) is 2.38. The molecule has 0 saturated carbocycles. The molecule has 0 amide bonds. The lowest BCUT2D eigenvalue weighted by Gasteiger charge is -2.14. The molecular formula is C13H12Cl2N2O3. The third-order valence-electron chi connectivity index (χ3n) is 3.02. The normalized spacial score (nSPS) is 10.8. The van der Waals surface area contributed by atoms with E-state index in [1.807, 2.05) is 0 Å². The second kappa shape index (κ2) is 5.34. The van der Waals surface area contributed by atoms with Gasteiger partial charge in [-0.25, -0.2) is 9.36 Å². The van der Waals surface area contributed by atoms with Crippen LogP contribution in [0.25, 0.3) is 5.69 Å². The summed E-state index contributed by atoms with van der Waals surface area (Å²) in [5.41, 5.74) is -0.466. The van der Waals surface area contributed by atoms with Crippen molar-refractivity contribution in [3.63, 3.8) is 0 Å². The Morgan fingerprint density at radius 2 is 1.95 bits per heavy atom. The van der Waals surface area contributed by atoms with Crippen molar-refractivity contribution in [2.24, 2.45) is 0 Å². The maximum atomic E-state index is 12.0. The molecule has 0 unspecified atom stereocenters. The lowest BCUT2D eigenvalue weighted by molar-refractivity contribution is 0.423. The van der Waals surface area contributed by atoms with E-state index in [-0.39, 0.29) is 27.7 Å². The van der Waals surface area contributed by atoms with E-state index in [1.165, 1.54) is 0 Å². The van der Waals surface area contributed by atoms with E-state index in [4.69, 9.17) is 23.2 Å². The number of nitrogens with one attached hydrogen (secondary N) is 1. The molecule has 1 aromatic heterocycles. The average molecular weight is 315 g/mol. The molecule has 7 heteroatoms. The fourth-order valence-corrected chi connectivity index (χ4v) is 2.47. The molecule has 106 valence electrons. The van der Waals surface area contributed by atoms with Crippen LogP contribution in [-0.2, 0) is 6.42 Å². The molecule has 5 nitrogen and oxygen atoms in total. The fraction of sp³-hybridized carbons (Fsp3) is 0.231. The van der Waals surface area contributed by atoms with Crippen LogP contribution < -0.4 is 11.2 Å². The maximum Gasteiger partial charge on any atom is 0.335 e. The molecule has 0 aliphatic heterocycles. The zero-order valence-electron chi connectivity index (χ0n) is 10.8. The highest BCUT2D eigenvalue weighted by atomic mass is 35.5. The third-order valence-corrected chi connectivity index (χ3v) is 3.80. The SMILES string of the molecule is CCc1c(O)n(-c2c(Cl)ccc(C)c2Cl)c(=O)[nH]c1=O. The van der Waals surface area contributed by atoms with Gasteiger partial charge in [-0.05, 0) is 25.0 Å². The lowest BCUT2D eigenvalue weighted by Crippen LogP contribution is -2.31. The minimum atomic E-state index is -0.792. The van der Waals surface area contributed by atoms with Gasteiger partial charge in [-0.15, -0.1) is 0 Å². The zero-order valence-corrected chi connectivity index (χ0v) is 12.3. The van der Waals surface area contributed by atoms with Gasteiger partial charge < -0.3 is 5.11 Å². The Hall–Kier alpha value is -1.72. The number of benzene rings is 1. The third kappa shape index (κ3) is 2.23. The highest BCUT2D eigenvalue weighted by molar-refractivity contribution is 6.38. The minimum Gasteiger partial charge on any atom is -0.494 e. The van der Waals surface area contributed by atoms with Crippen LogP contribution in [0.5, 0.6) is 5.88 Å². The van der Waals surface area contributed by atoms with Crippen LogP contribution in [0.1, 0.15) is 18.1 Å². The number of aromatic hydroxyl groups is 1. The Labute approximate surface area is 124 Å². The molecule has 0 aliphatic rings. The summed E-state index contributed by atoms with van der Waals surface area (Å²) in [5.74, 6) is -0.448. The summed E-state index contributed by atoms with van der Waals surface area (Å²) in [5, 5.41) is 10.6. The Kier molecular flexibility index (Phi) is 3.92. The predicted octanol–water partition coefficient (Wildman–Crippen LogP) is 2.41. The first kappa shape index (κ1) is 14.7. The van der Waals surface area contributed by atoms with E-state index >= 15 is 0 Å². The summed E-state index contributed by atoms with van der Waals surface area (Å²) in [6.45, 7) is 3.44. The molecule has 0 radical (unpaired) electrons. The van der Waals surface area contributed by atoms with Gasteiger partial charge in [-0.3, -0.25) is 9.78 Å². The largest absolute Gasteiger partial charge is 0.494 e. The van der Waals surface area contributed by atoms with E-state index in [0.717, 1.165) is 4.57 Å². The van der Waals surface area contributed by atoms with Gasteiger partial charge in [0.15, 0.2) is 0 Å². The molecule has 0 atom stereocenters. The number of aromatic amines is 1. The van der Waals surface area contributed by atoms with Crippen molar-refractivity contribution in [1.82, 2.24) is 9.55 Å². The van der Waals surface area contributed by atoms with Crippen LogP contribution in [0, 0.1) is 6.92 Å². The molecule has 0 spiro atoms. The Balaban J connectivity index is 2.95. The fourth-order valence-electron chi connectivity index (χ4n) is 1.93. The van der Waals surface area contributed by atoms with Gasteiger partial charge in [0.25, 0.3) is 5.56 Å². The Morgan fingerprint density at radius 3 is 2.55 bits per heavy atom. The van der Waals surface area contributed by atoms with Gasteiger partial charge in [0.2, 0.25) is 5.88 Å². The van der Waals surface area contributed by atoms with Gasteiger partial charge in [-0.2, -0.15) is 0 Å². The molecule has 2 N–H and O–H groups in total. The topological polar surface area (TPSA) is 75.1 Å². The summed E-state index contributed by atoms with van der Waals surface area (Å²) in [4.78, 5) is 25.7. The van der Waals surface area contributed by atoms with Crippen LogP contribution in [0.4, 0.5) is 0 Å². The first-order valence-electron chi connectivity index (χ1n) is 5.90. The summed E-state index contributed by atoms with van der Waals surface area (Å²) < 4.78 is 0.915. The molecule has 1 heterocycles. The molecule has 2 aromatic rings. The van der Waals surface area contributed by atoms with Crippen molar-refractivity contribution in [3.8, 4) is 11.6 Å². The van der Waals surface area contributed by atoms with Crippen LogP contribution in [-0.4, -0.2) is 14.7 Å². The number of nitrogens with zero attached hydrogens (tertiary/aromatic N) is 1. The first-order chi connectivity index (χ1) is 9.38. The van der Waals surface area contributed by atoms with Crippen LogP contribution in [0.3, 0.4) is 0 Å². The minimum absolute atomic E-state index is 0.0956. The van der Waals surface area contributed by atoms with E-state index < -0.39 is 17.1 Å². The van der Waals surface area contributed by atoms with Crippen molar-refractivity contribution in [1.29, 1.82) is 0 Å². The molecular weight excluding hydrogens is 303 g/mol. The van der Waals surface area contributed by atoms with Crippen molar-refractivity contribution in [2.75, 3.05) is 0 Å². The number of hydrogen-bond donors (Lipinski definition) is 2. The second-order valence-corrected chi connectivity index (χ2v) is 5.06. The number of hydrogen-bond acceptors (Lipinski definition) is 3. The molecule has 0 bridgehead atoms. The molecule has 2 rings (SSSR count). The van der Waals surface area contributed by atoms with Crippen LogP contribution in [0.15, 0.2) is 21.7 Å². The van der Waals surface area contributed by atoms with Gasteiger partial charge in [-0.1, -0.05) is 36.2 Å². The van der Waals surface area contributed by atoms with E-state index in [0.29, 0.717) is 5.56 Å². The summed E-state index contributed by atoms with van der Waals surface area (Å²) >= 11 is 12.2. The van der Waals surface area contributed by atoms with Crippen LogP contribution in [0.2, 0.25) is 10.0 Å². The Morgan fingerprint density at radius 1 is 1.30 bits per heavy atom. The summed E-state index contributed by atoms with van der Waals surface area (Å²) in [7, 11) is 0. The quantitative estimate of drug-likeness (QED) is 0.893. The molecule has 0 aliphatic carbocycles. The number of rotatable bonds is 2. The highest BCUT2D eigenvalue weighted by Gasteiger charge is 2.19. The lowest BCUT2D eigenvalue weighted by atomic mass is 10.2. The smallest absolute Gasteiger partial charge is 0.335 e. The van der Waals surface area contributed by atoms with Crippen molar-refractivity contribution in [2.45, 2.75) is 20.3 Å². The maximum absolute atomic E-state index is 12.0. The standard InChI is InChI=1S/C13H12Cl2N2O3/c1-3-7-11(18)16-13(20)17(12(7)19)10-8(14)5-4-6(2)9(10)15/h4-5,19H,3H2,1-2H3,(H,16,18,20). The molecule has 20 heavy (non-hydrogen) atoms. The van der Waals surface area contributed by atoms with Crippen LogP contribution >= 0.6 is 23.2 Å². The number of aromatic nitrogens is 2. The molecule has 0 saturated heterocycles. The highest BCUT2D eigenvalue weighted by Crippen LogP contribution is 2.32. The number of halogens is 2. The van der Waals surface area contributed by atoms with Crippen molar-refractivity contribution in [3.05, 3.63) is 54.1 Å². The Bertz CT molecular complexity index is 793. The van der Waals surface area contributed by atoms with E-state index in [1.54, 1.807) is 26.0 Å². The monoisotopic (exact) mass is 314 g/mol. The van der Waals surface area contributed by atoms with Gasteiger partial charge in [0, 0.05) is 0 Å². The van der Waals surface area contributed by atoms with Gasteiger partial charge in [0.05, 0.1) is 21.3 Å². The van der Waals surface area contributed by atoms with Gasteiger partial charge >= 0.3 is 5.69 Å². The summed E-state index contributed by atoms with van der Waals surface area (Å²) in [6.07, 6.45) is 0.266. The number of aryl methyl sites for hydroxylation is 1. The van der Waals surface area contributed by atoms with E-state index in [9.17, 15) is 14.7 Å². The van der Waals surface area contributed by atoms with E-state index in [2.05, 4.69) is 4.98 Å². The molecule has 0 fully saturated rings. The zero-order chi connectivity index (χ0) is 15.0. The van der Waals surface area contributed by atoms with Crippen molar-refractivity contribution < 1.29 is 5.11 Å². The second-order valence-electron chi connectivity index (χ2n) is 4.28. The van der Waals surface area contributed by atoms with Crippen molar-refractivity contribution >= 4 is 23.2 Å². The first-order valence-corrected chi connectivity index (χ1v) is 6.66. The summed E-state index contributed by atoms with van der Waals surface area (Å²) in [6, 6.07) is 3.27. The predicted molar refractivity (Wildman–Crippen MR) is 78.5 cm³/mol. The van der Waals surface area contributed by atoms with Gasteiger partial charge in [0.1, 0.15) is 0 Å².